The molecule has 0 aliphatic rings. The van der Waals surface area contributed by atoms with E-state index < -0.39 is 0 Å². The van der Waals surface area contributed by atoms with Crippen LogP contribution in [0.2, 0.25) is 0 Å². The van der Waals surface area contributed by atoms with Gasteiger partial charge in [0.2, 0.25) is 0 Å². The van der Waals surface area contributed by atoms with Gasteiger partial charge in [0.25, 0.3) is 0 Å². The molecule has 0 atom stereocenters. The molecule has 0 amide bonds. The topological polar surface area (TPSA) is 55.2 Å². The summed E-state index contributed by atoms with van der Waals surface area (Å²) in [5, 5.41) is 11.3. The van der Waals surface area contributed by atoms with Crippen molar-refractivity contribution in [1.29, 1.82) is 0 Å². The Morgan fingerprint density at radius 1 is 1.06 bits per heavy atom. The van der Waals surface area contributed by atoms with Crippen molar-refractivity contribution in [3.05, 3.63) is 47.0 Å². The monoisotopic (exact) mass is 227 g/mol. The van der Waals surface area contributed by atoms with E-state index in [-0.39, 0.29) is 0 Å². The minimum Gasteiger partial charge on any atom is -0.155 e. The highest BCUT2D eigenvalue weighted by molar-refractivity contribution is 5.72. The third kappa shape index (κ3) is 2.36. The van der Waals surface area contributed by atoms with E-state index in [1.807, 2.05) is 24.3 Å². The van der Waals surface area contributed by atoms with Crippen LogP contribution in [-0.2, 0) is 0 Å². The van der Waals surface area contributed by atoms with Gasteiger partial charge in [-0.3, -0.25) is 0 Å². The van der Waals surface area contributed by atoms with Crippen LogP contribution in [0.3, 0.4) is 0 Å². The van der Waals surface area contributed by atoms with Crippen molar-refractivity contribution in [1.82, 2.24) is 10.2 Å². The zero-order valence-corrected chi connectivity index (χ0v) is 9.79. The molecular formula is C13H13N3O. The van der Waals surface area contributed by atoms with E-state index in [1.54, 1.807) is 12.1 Å². The minimum absolute atomic E-state index is 0.344. The van der Waals surface area contributed by atoms with Crippen molar-refractivity contribution in [3.63, 3.8) is 0 Å². The fraction of sp³-hybridized carbons (Fsp3) is 0.231. The molecular weight excluding hydrogens is 214 g/mol. The van der Waals surface area contributed by atoms with Crippen LogP contribution in [0.25, 0.3) is 11.3 Å². The fourth-order valence-electron chi connectivity index (χ4n) is 1.56. The molecule has 0 aliphatic heterocycles. The lowest BCUT2D eigenvalue weighted by atomic mass is 10.1. The quantitative estimate of drug-likeness (QED) is 0.752. The van der Waals surface area contributed by atoms with Gasteiger partial charge in [0.1, 0.15) is 5.69 Å². The molecule has 17 heavy (non-hydrogen) atoms. The van der Waals surface area contributed by atoms with Gasteiger partial charge < -0.3 is 0 Å². The van der Waals surface area contributed by atoms with Gasteiger partial charge in [-0.15, -0.1) is 4.91 Å². The molecule has 86 valence electrons. The molecule has 0 spiro atoms. The second-order valence-corrected chi connectivity index (χ2v) is 4.11. The molecule has 0 radical (unpaired) electrons. The summed E-state index contributed by atoms with van der Waals surface area (Å²) in [4.78, 5) is 10.7. The lowest BCUT2D eigenvalue weighted by Crippen LogP contribution is -1.96. The van der Waals surface area contributed by atoms with E-state index in [0.717, 1.165) is 5.69 Å². The van der Waals surface area contributed by atoms with Crippen LogP contribution < -0.4 is 0 Å². The number of hydrogen-bond donors (Lipinski definition) is 0. The average molecular weight is 227 g/mol. The molecule has 1 aromatic carbocycles. The van der Waals surface area contributed by atoms with Gasteiger partial charge in [-0.25, -0.2) is 0 Å². The number of nitroso groups, excluding NO2 is 1. The molecule has 0 fully saturated rings. The molecule has 4 heteroatoms. The molecule has 0 saturated carbocycles. The Balaban J connectivity index is 2.43. The summed E-state index contributed by atoms with van der Waals surface area (Å²) in [6, 6.07) is 10.9. The third-order valence-electron chi connectivity index (χ3n) is 2.56. The highest BCUT2D eigenvalue weighted by Crippen LogP contribution is 2.28. The molecule has 0 unspecified atom stereocenters. The fourth-order valence-corrected chi connectivity index (χ4v) is 1.56. The van der Waals surface area contributed by atoms with E-state index in [1.165, 1.54) is 0 Å². The molecule has 0 N–H and O–H groups in total. The minimum atomic E-state index is 0.344. The van der Waals surface area contributed by atoms with E-state index in [4.69, 9.17) is 0 Å². The summed E-state index contributed by atoms with van der Waals surface area (Å²) in [5.74, 6) is 0.344. The SMILES string of the molecule is CC(C)c1ccc(-c2ccccc2N=O)nn1. The molecule has 0 aliphatic carbocycles. The molecule has 0 saturated heterocycles. The number of nitrogens with zero attached hydrogens (tertiary/aromatic N) is 3. The van der Waals surface area contributed by atoms with Crippen LogP contribution in [0.5, 0.6) is 0 Å². The van der Waals surface area contributed by atoms with Crippen LogP contribution in [0.1, 0.15) is 25.5 Å². The van der Waals surface area contributed by atoms with Crippen molar-refractivity contribution in [2.75, 3.05) is 0 Å². The summed E-state index contributed by atoms with van der Waals surface area (Å²) in [5.41, 5.74) is 2.71. The number of hydrogen-bond acceptors (Lipinski definition) is 4. The number of rotatable bonds is 3. The second kappa shape index (κ2) is 4.82. The van der Waals surface area contributed by atoms with Crippen LogP contribution in [0.15, 0.2) is 41.6 Å². The van der Waals surface area contributed by atoms with Crippen molar-refractivity contribution < 1.29 is 0 Å². The third-order valence-corrected chi connectivity index (χ3v) is 2.56. The van der Waals surface area contributed by atoms with Gasteiger partial charge in [-0.2, -0.15) is 10.2 Å². The van der Waals surface area contributed by atoms with Gasteiger partial charge in [0, 0.05) is 5.56 Å². The van der Waals surface area contributed by atoms with Crippen LogP contribution in [0, 0.1) is 4.91 Å². The summed E-state index contributed by atoms with van der Waals surface area (Å²) >= 11 is 0. The van der Waals surface area contributed by atoms with Gasteiger partial charge in [-0.1, -0.05) is 32.0 Å². The van der Waals surface area contributed by atoms with Crippen molar-refractivity contribution in [2.24, 2.45) is 5.18 Å². The lowest BCUT2D eigenvalue weighted by molar-refractivity contribution is 0.787. The van der Waals surface area contributed by atoms with Gasteiger partial charge in [0.15, 0.2) is 0 Å². The average Bonchev–Trinajstić information content (AvgIpc) is 2.39. The summed E-state index contributed by atoms with van der Waals surface area (Å²) < 4.78 is 0. The Bertz CT molecular complexity index is 520. The van der Waals surface area contributed by atoms with Crippen LogP contribution >= 0.6 is 0 Å². The second-order valence-electron chi connectivity index (χ2n) is 4.11. The first-order chi connectivity index (χ1) is 8.22. The van der Waals surface area contributed by atoms with Crippen LogP contribution in [-0.4, -0.2) is 10.2 Å². The predicted octanol–water partition coefficient (Wildman–Crippen LogP) is 3.66. The highest BCUT2D eigenvalue weighted by Gasteiger charge is 2.08. The Kier molecular flexibility index (Phi) is 3.23. The molecule has 1 heterocycles. The zero-order valence-electron chi connectivity index (χ0n) is 9.79. The molecule has 2 aromatic rings. The lowest BCUT2D eigenvalue weighted by Gasteiger charge is -2.05. The van der Waals surface area contributed by atoms with Crippen molar-refractivity contribution in [2.45, 2.75) is 19.8 Å². The molecule has 0 bridgehead atoms. The maximum Gasteiger partial charge on any atom is 0.117 e. The summed E-state index contributed by atoms with van der Waals surface area (Å²) in [6.45, 7) is 4.12. The Labute approximate surface area is 99.7 Å². The number of benzene rings is 1. The van der Waals surface area contributed by atoms with Gasteiger partial charge in [-0.05, 0) is 29.3 Å². The maximum atomic E-state index is 10.7. The standard InChI is InChI=1S/C13H13N3O/c1-9(2)11-7-8-12(15-14-11)10-5-3-4-6-13(10)16-17/h3-9H,1-2H3. The highest BCUT2D eigenvalue weighted by atomic mass is 16.3. The van der Waals surface area contributed by atoms with E-state index in [2.05, 4.69) is 29.2 Å². The number of aromatic nitrogens is 2. The summed E-state index contributed by atoms with van der Waals surface area (Å²) in [7, 11) is 0. The Morgan fingerprint density at radius 3 is 2.41 bits per heavy atom. The largest absolute Gasteiger partial charge is 0.155 e. The van der Waals surface area contributed by atoms with Gasteiger partial charge >= 0.3 is 0 Å². The normalized spacial score (nSPS) is 10.5. The van der Waals surface area contributed by atoms with Crippen molar-refractivity contribution in [3.8, 4) is 11.3 Å². The Morgan fingerprint density at radius 2 is 1.82 bits per heavy atom. The first-order valence-corrected chi connectivity index (χ1v) is 5.48. The van der Waals surface area contributed by atoms with Gasteiger partial charge in [0.05, 0.1) is 11.4 Å². The van der Waals surface area contributed by atoms with E-state index in [9.17, 15) is 4.91 Å². The predicted molar refractivity (Wildman–Crippen MR) is 67.0 cm³/mol. The van der Waals surface area contributed by atoms with Crippen molar-refractivity contribution >= 4 is 5.69 Å². The maximum absolute atomic E-state index is 10.7. The van der Waals surface area contributed by atoms with E-state index in [0.29, 0.717) is 22.9 Å². The van der Waals surface area contributed by atoms with Crippen LogP contribution in [0.4, 0.5) is 5.69 Å². The first-order valence-electron chi connectivity index (χ1n) is 5.48. The zero-order chi connectivity index (χ0) is 12.3. The first kappa shape index (κ1) is 11.4. The molecule has 2 rings (SSSR count). The molecule has 4 nitrogen and oxygen atoms in total. The van der Waals surface area contributed by atoms with E-state index >= 15 is 0 Å². The smallest absolute Gasteiger partial charge is 0.117 e. The summed E-state index contributed by atoms with van der Waals surface area (Å²) in [6.07, 6.45) is 0. The molecule has 1 aromatic heterocycles. The Hall–Kier alpha value is -2.10.